The molecule has 0 saturated heterocycles. The number of fused-ring (bicyclic) bond motifs is 1. The Morgan fingerprint density at radius 2 is 1.89 bits per heavy atom. The quantitative estimate of drug-likeness (QED) is 0.321. The summed E-state index contributed by atoms with van der Waals surface area (Å²) in [5, 5.41) is 13.0. The van der Waals surface area contributed by atoms with Crippen LogP contribution in [0, 0.1) is 13.8 Å². The number of carboxylic acids is 1. The molecule has 0 unspecified atom stereocenters. The van der Waals surface area contributed by atoms with Crippen LogP contribution in [0.5, 0.6) is 0 Å². The van der Waals surface area contributed by atoms with Gasteiger partial charge in [0.2, 0.25) is 0 Å². The average molecular weight is 579 g/mol. The number of aromatic nitrogens is 2. The highest BCUT2D eigenvalue weighted by molar-refractivity contribution is 9.10. The molecule has 0 bridgehead atoms. The molecule has 1 aliphatic rings. The highest BCUT2D eigenvalue weighted by atomic mass is 79.9. The molecule has 4 N–H and O–H groups in total. The number of rotatable bonds is 5. The number of nitrogens with one attached hydrogen (secondary N) is 3. The predicted molar refractivity (Wildman–Crippen MR) is 135 cm³/mol. The molecule has 0 spiro atoms. The average Bonchev–Trinajstić information content (AvgIpc) is 3.28. The van der Waals surface area contributed by atoms with Gasteiger partial charge in [-0.05, 0) is 55.8 Å². The van der Waals surface area contributed by atoms with Gasteiger partial charge in [-0.2, -0.15) is 13.2 Å². The number of alkyl halides is 3. The fourth-order valence-corrected chi connectivity index (χ4v) is 4.01. The molecular formula is C25H22BrF3N4O4. The zero-order valence-electron chi connectivity index (χ0n) is 19.7. The Labute approximate surface area is 218 Å². The van der Waals surface area contributed by atoms with Crippen molar-refractivity contribution in [3.05, 3.63) is 80.8 Å². The highest BCUT2D eigenvalue weighted by Gasteiger charge is 2.38. The number of aromatic amines is 1. The van der Waals surface area contributed by atoms with Gasteiger partial charge in [0.1, 0.15) is 0 Å². The number of pyridine rings is 1. The normalized spacial score (nSPS) is 13.5. The summed E-state index contributed by atoms with van der Waals surface area (Å²) in [5.41, 5.74) is 6.05. The van der Waals surface area contributed by atoms with Gasteiger partial charge in [-0.1, -0.05) is 22.0 Å². The Morgan fingerprint density at radius 3 is 2.51 bits per heavy atom. The smallest absolute Gasteiger partial charge is 0.475 e. The molecule has 2 amide bonds. The molecule has 2 aromatic heterocycles. The maximum Gasteiger partial charge on any atom is 0.490 e. The third-order valence-corrected chi connectivity index (χ3v) is 5.89. The Bertz CT molecular complexity index is 1370. The van der Waals surface area contributed by atoms with Crippen LogP contribution in [-0.2, 0) is 16.0 Å². The van der Waals surface area contributed by atoms with Crippen molar-refractivity contribution in [1.82, 2.24) is 15.3 Å². The summed E-state index contributed by atoms with van der Waals surface area (Å²) in [6.45, 7) is 4.25. The Hall–Kier alpha value is -3.93. The minimum atomic E-state index is -5.08. The van der Waals surface area contributed by atoms with Gasteiger partial charge in [0.05, 0.1) is 11.1 Å². The Kier molecular flexibility index (Phi) is 8.53. The minimum absolute atomic E-state index is 0.138. The van der Waals surface area contributed by atoms with E-state index in [4.69, 9.17) is 9.90 Å². The van der Waals surface area contributed by atoms with Crippen molar-refractivity contribution >= 4 is 51.1 Å². The van der Waals surface area contributed by atoms with Crippen LogP contribution in [0.4, 0.5) is 18.9 Å². The first-order valence-corrected chi connectivity index (χ1v) is 11.7. The van der Waals surface area contributed by atoms with Crippen LogP contribution in [0.3, 0.4) is 0 Å². The van der Waals surface area contributed by atoms with Crippen molar-refractivity contribution in [1.29, 1.82) is 0 Å². The van der Waals surface area contributed by atoms with E-state index in [9.17, 15) is 22.8 Å². The first-order valence-electron chi connectivity index (χ1n) is 10.9. The number of nitrogens with zero attached hydrogens (tertiary/aromatic N) is 1. The molecule has 1 aliphatic heterocycles. The van der Waals surface area contributed by atoms with Crippen molar-refractivity contribution in [3.8, 4) is 0 Å². The van der Waals surface area contributed by atoms with Crippen LogP contribution < -0.4 is 10.6 Å². The lowest BCUT2D eigenvalue weighted by Gasteiger charge is -2.06. The largest absolute Gasteiger partial charge is 0.490 e. The van der Waals surface area contributed by atoms with Gasteiger partial charge in [-0.25, -0.2) is 4.79 Å². The number of carbonyl (C=O) groups excluding carboxylic acids is 2. The van der Waals surface area contributed by atoms with E-state index in [1.807, 2.05) is 50.2 Å². The van der Waals surface area contributed by atoms with Crippen molar-refractivity contribution in [2.45, 2.75) is 26.4 Å². The van der Waals surface area contributed by atoms with Gasteiger partial charge in [0, 0.05) is 52.0 Å². The number of hydrogen-bond donors (Lipinski definition) is 4. The van der Waals surface area contributed by atoms with Crippen LogP contribution >= 0.6 is 15.9 Å². The van der Waals surface area contributed by atoms with Gasteiger partial charge in [0.15, 0.2) is 0 Å². The van der Waals surface area contributed by atoms with E-state index in [0.29, 0.717) is 24.1 Å². The zero-order chi connectivity index (χ0) is 27.3. The molecule has 37 heavy (non-hydrogen) atoms. The van der Waals surface area contributed by atoms with Crippen LogP contribution in [0.2, 0.25) is 0 Å². The molecule has 8 nitrogen and oxygen atoms in total. The summed E-state index contributed by atoms with van der Waals surface area (Å²) in [6, 6.07) is 11.4. The number of halogens is 4. The van der Waals surface area contributed by atoms with E-state index in [-0.39, 0.29) is 11.8 Å². The second-order valence-electron chi connectivity index (χ2n) is 8.00. The monoisotopic (exact) mass is 578 g/mol. The third-order valence-electron chi connectivity index (χ3n) is 5.39. The Balaban J connectivity index is 0.000000479. The van der Waals surface area contributed by atoms with E-state index < -0.39 is 12.1 Å². The van der Waals surface area contributed by atoms with Gasteiger partial charge in [0.25, 0.3) is 11.8 Å². The van der Waals surface area contributed by atoms with Crippen molar-refractivity contribution < 1.29 is 32.7 Å². The Morgan fingerprint density at radius 1 is 1.19 bits per heavy atom. The lowest BCUT2D eigenvalue weighted by molar-refractivity contribution is -0.192. The fraction of sp³-hybridized carbons (Fsp3) is 0.200. The number of hydrogen-bond acceptors (Lipinski definition) is 4. The van der Waals surface area contributed by atoms with Gasteiger partial charge >= 0.3 is 12.1 Å². The van der Waals surface area contributed by atoms with Crippen molar-refractivity contribution in [3.63, 3.8) is 0 Å². The van der Waals surface area contributed by atoms with E-state index in [2.05, 4.69) is 36.5 Å². The molecule has 0 aliphatic carbocycles. The molecule has 4 rings (SSSR count). The molecule has 1 aromatic carbocycles. The molecule has 12 heteroatoms. The molecule has 3 heterocycles. The first-order chi connectivity index (χ1) is 17.4. The minimum Gasteiger partial charge on any atom is -0.475 e. The predicted octanol–water partition coefficient (Wildman–Crippen LogP) is 4.89. The number of aliphatic carboxylic acids is 1. The summed E-state index contributed by atoms with van der Waals surface area (Å²) in [7, 11) is 0. The second kappa shape index (κ2) is 11.4. The van der Waals surface area contributed by atoms with Gasteiger partial charge in [-0.3, -0.25) is 14.6 Å². The summed E-state index contributed by atoms with van der Waals surface area (Å²) >= 11 is 3.46. The van der Waals surface area contributed by atoms with E-state index in [0.717, 1.165) is 38.4 Å². The summed E-state index contributed by atoms with van der Waals surface area (Å²) < 4.78 is 32.6. The molecule has 0 fully saturated rings. The summed E-state index contributed by atoms with van der Waals surface area (Å²) in [4.78, 5) is 41.7. The third kappa shape index (κ3) is 6.85. The highest BCUT2D eigenvalue weighted by Crippen LogP contribution is 2.35. The molecule has 0 atom stereocenters. The SMILES string of the molecule is Cc1[nH]c(/C=C2\C(=O)Nc3ccc(Br)cc32)c(C)c1C(=O)NCCc1ccccn1.O=C(O)C(F)(F)F. The number of aryl methyl sites for hydroxylation is 1. The number of H-pyrrole nitrogens is 1. The molecule has 0 saturated carbocycles. The molecule has 194 valence electrons. The number of amides is 2. The standard InChI is InChI=1S/C23H21BrN4O2.C2HF3O2/c1-13-20(12-18-17-11-15(24)6-7-19(17)28-22(18)29)27-14(2)21(13)23(30)26-10-8-16-5-3-4-9-25-16;3-2(4,5)1(6)7/h3-7,9,11-12,27H,8,10H2,1-2H3,(H,26,30)(H,28,29);(H,6,7)/b18-12-;. The second-order valence-corrected chi connectivity index (χ2v) is 8.91. The van der Waals surface area contributed by atoms with Crippen LogP contribution in [0.15, 0.2) is 47.1 Å². The molecule has 3 aromatic rings. The number of benzene rings is 1. The number of carboxylic acid groups (broad SMARTS) is 1. The van der Waals surface area contributed by atoms with Crippen molar-refractivity contribution in [2.24, 2.45) is 0 Å². The van der Waals surface area contributed by atoms with E-state index in [1.54, 1.807) is 12.3 Å². The first kappa shape index (κ1) is 27.7. The van der Waals surface area contributed by atoms with E-state index in [1.165, 1.54) is 0 Å². The molecular weight excluding hydrogens is 557 g/mol. The van der Waals surface area contributed by atoms with Gasteiger partial charge < -0.3 is 20.7 Å². The maximum atomic E-state index is 12.8. The lowest BCUT2D eigenvalue weighted by atomic mass is 10.0. The topological polar surface area (TPSA) is 124 Å². The lowest BCUT2D eigenvalue weighted by Crippen LogP contribution is -2.26. The van der Waals surface area contributed by atoms with Gasteiger partial charge in [-0.15, -0.1) is 0 Å². The van der Waals surface area contributed by atoms with Crippen LogP contribution in [-0.4, -0.2) is 45.6 Å². The summed E-state index contributed by atoms with van der Waals surface area (Å²) in [6.07, 6.45) is -0.869. The summed E-state index contributed by atoms with van der Waals surface area (Å²) in [5.74, 6) is -3.05. The maximum absolute atomic E-state index is 12.8. The molecule has 0 radical (unpaired) electrons. The van der Waals surface area contributed by atoms with Crippen LogP contribution in [0.25, 0.3) is 11.6 Å². The number of anilines is 1. The zero-order valence-corrected chi connectivity index (χ0v) is 21.3. The van der Waals surface area contributed by atoms with E-state index >= 15 is 0 Å². The van der Waals surface area contributed by atoms with Crippen molar-refractivity contribution in [2.75, 3.05) is 11.9 Å². The fourth-order valence-electron chi connectivity index (χ4n) is 3.65. The van der Waals surface area contributed by atoms with Crippen LogP contribution in [0.1, 0.15) is 38.6 Å². The number of carbonyl (C=O) groups is 3.